The zero-order valence-corrected chi connectivity index (χ0v) is 22.2. The van der Waals surface area contributed by atoms with Crippen LogP contribution in [0.15, 0.2) is 69.9 Å². The highest BCUT2D eigenvalue weighted by molar-refractivity contribution is 5.88. The second-order valence-corrected chi connectivity index (χ2v) is 9.51. The molecule has 0 aliphatic carbocycles. The average molecular weight is 487 g/mol. The number of amides is 2. The van der Waals surface area contributed by atoms with Crippen molar-refractivity contribution in [3.8, 4) is 0 Å². The highest BCUT2D eigenvalue weighted by atomic mass is 16.2. The fourth-order valence-corrected chi connectivity index (χ4v) is 3.31. The number of rotatable bonds is 11. The highest BCUT2D eigenvalue weighted by Gasteiger charge is 2.05. The summed E-state index contributed by atoms with van der Waals surface area (Å²) in [4.78, 5) is 23.9. The Morgan fingerprint density at radius 2 is 1.00 bits per heavy atom. The van der Waals surface area contributed by atoms with Gasteiger partial charge in [-0.25, -0.2) is 10.9 Å². The molecular weight excluding hydrogens is 448 g/mol. The van der Waals surface area contributed by atoms with E-state index < -0.39 is 0 Å². The Bertz CT molecular complexity index is 1030. The fraction of sp³-hybridized carbons (Fsp3) is 0.333. The van der Waals surface area contributed by atoms with Crippen LogP contribution in [-0.4, -0.2) is 24.2 Å². The molecule has 0 atom stereocenters. The largest absolute Gasteiger partial charge is 0.273 e. The van der Waals surface area contributed by atoms with Crippen molar-refractivity contribution in [2.24, 2.45) is 10.2 Å². The van der Waals surface area contributed by atoms with Crippen LogP contribution in [0.5, 0.6) is 0 Å². The van der Waals surface area contributed by atoms with Gasteiger partial charge in [0.15, 0.2) is 0 Å². The molecule has 2 amide bonds. The van der Waals surface area contributed by atoms with E-state index >= 15 is 0 Å². The third-order valence-corrected chi connectivity index (χ3v) is 5.49. The van der Waals surface area contributed by atoms with Gasteiger partial charge in [0, 0.05) is 12.8 Å². The van der Waals surface area contributed by atoms with Crippen LogP contribution in [0, 0.1) is 0 Å². The Kier molecular flexibility index (Phi) is 11.5. The zero-order chi connectivity index (χ0) is 26.5. The molecule has 36 heavy (non-hydrogen) atoms. The van der Waals surface area contributed by atoms with Gasteiger partial charge in [-0.1, -0.05) is 88.4 Å². The first kappa shape index (κ1) is 28.4. The SMILES string of the molecule is CC(C=NNC(=O)CCC(=O)NN=CC(C)=Cc1ccc(C(C)C)cc1)=Cc1ccc(C(C)C)cc1. The number of carbonyl (C=O) groups is 2. The summed E-state index contributed by atoms with van der Waals surface area (Å²) < 4.78 is 0. The molecule has 2 aromatic carbocycles. The minimum atomic E-state index is -0.333. The summed E-state index contributed by atoms with van der Waals surface area (Å²) in [5, 5.41) is 7.94. The molecule has 0 spiro atoms. The summed E-state index contributed by atoms with van der Waals surface area (Å²) >= 11 is 0. The molecule has 0 unspecified atom stereocenters. The zero-order valence-electron chi connectivity index (χ0n) is 22.2. The van der Waals surface area contributed by atoms with E-state index in [4.69, 9.17) is 0 Å². The first-order valence-corrected chi connectivity index (χ1v) is 12.3. The van der Waals surface area contributed by atoms with Crippen LogP contribution >= 0.6 is 0 Å². The van der Waals surface area contributed by atoms with E-state index in [2.05, 4.69) is 97.3 Å². The molecule has 0 aromatic heterocycles. The number of nitrogens with zero attached hydrogens (tertiary/aromatic N) is 2. The summed E-state index contributed by atoms with van der Waals surface area (Å²) in [6.45, 7) is 12.5. The van der Waals surface area contributed by atoms with Gasteiger partial charge in [-0.3, -0.25) is 9.59 Å². The maximum Gasteiger partial charge on any atom is 0.240 e. The lowest BCUT2D eigenvalue weighted by Gasteiger charge is -2.05. The van der Waals surface area contributed by atoms with Crippen LogP contribution in [0.1, 0.15) is 88.5 Å². The van der Waals surface area contributed by atoms with Gasteiger partial charge in [-0.2, -0.15) is 10.2 Å². The predicted octanol–water partition coefficient (Wildman–Crippen LogP) is 6.42. The first-order valence-electron chi connectivity index (χ1n) is 12.3. The van der Waals surface area contributed by atoms with E-state index in [1.54, 1.807) is 12.4 Å². The molecule has 0 saturated heterocycles. The number of nitrogens with one attached hydrogen (secondary N) is 2. The fourth-order valence-electron chi connectivity index (χ4n) is 3.31. The summed E-state index contributed by atoms with van der Waals surface area (Å²) in [6, 6.07) is 16.7. The Morgan fingerprint density at radius 1 is 0.667 bits per heavy atom. The quantitative estimate of drug-likeness (QED) is 0.284. The molecule has 0 radical (unpaired) electrons. The third kappa shape index (κ3) is 10.6. The lowest BCUT2D eigenvalue weighted by molar-refractivity contribution is -0.126. The molecule has 2 rings (SSSR count). The molecule has 0 fully saturated rings. The van der Waals surface area contributed by atoms with Crippen molar-refractivity contribution >= 4 is 36.4 Å². The van der Waals surface area contributed by atoms with Crippen molar-refractivity contribution in [3.63, 3.8) is 0 Å². The van der Waals surface area contributed by atoms with Gasteiger partial charge >= 0.3 is 0 Å². The smallest absolute Gasteiger partial charge is 0.240 e. The van der Waals surface area contributed by atoms with Crippen molar-refractivity contribution in [1.82, 2.24) is 10.9 Å². The summed E-state index contributed by atoms with van der Waals surface area (Å²) in [5.74, 6) is 0.322. The maximum atomic E-state index is 12.0. The van der Waals surface area contributed by atoms with E-state index in [-0.39, 0.29) is 24.7 Å². The molecular formula is C30H38N4O2. The minimum absolute atomic E-state index is 0.0230. The molecule has 190 valence electrons. The van der Waals surface area contributed by atoms with E-state index in [1.807, 2.05) is 26.0 Å². The van der Waals surface area contributed by atoms with Crippen LogP contribution in [0.25, 0.3) is 12.2 Å². The van der Waals surface area contributed by atoms with Crippen molar-refractivity contribution in [2.75, 3.05) is 0 Å². The van der Waals surface area contributed by atoms with Crippen LogP contribution < -0.4 is 10.9 Å². The second-order valence-electron chi connectivity index (χ2n) is 9.51. The van der Waals surface area contributed by atoms with Crippen molar-refractivity contribution in [1.29, 1.82) is 0 Å². The van der Waals surface area contributed by atoms with Crippen LogP contribution in [-0.2, 0) is 9.59 Å². The normalized spacial score (nSPS) is 12.7. The number of hydrazone groups is 2. The molecule has 2 N–H and O–H groups in total. The number of hydrogen-bond acceptors (Lipinski definition) is 4. The van der Waals surface area contributed by atoms with E-state index in [0.717, 1.165) is 22.3 Å². The van der Waals surface area contributed by atoms with Crippen molar-refractivity contribution in [3.05, 3.63) is 81.9 Å². The Hall–Kier alpha value is -3.80. The minimum Gasteiger partial charge on any atom is -0.273 e. The first-order chi connectivity index (χ1) is 17.1. The lowest BCUT2D eigenvalue weighted by Crippen LogP contribution is -2.22. The Morgan fingerprint density at radius 3 is 1.31 bits per heavy atom. The predicted molar refractivity (Wildman–Crippen MR) is 151 cm³/mol. The van der Waals surface area contributed by atoms with Crippen LogP contribution in [0.3, 0.4) is 0 Å². The third-order valence-electron chi connectivity index (χ3n) is 5.49. The lowest BCUT2D eigenvalue weighted by atomic mass is 10.0. The number of carbonyl (C=O) groups excluding carboxylic acids is 2. The maximum absolute atomic E-state index is 12.0. The number of benzene rings is 2. The molecule has 0 aliphatic heterocycles. The van der Waals surface area contributed by atoms with Gasteiger partial charge in [-0.15, -0.1) is 0 Å². The Labute approximate surface area is 215 Å². The molecule has 0 bridgehead atoms. The number of hydrogen-bond donors (Lipinski definition) is 2. The standard InChI is InChI=1S/C30H38N4O2/c1-21(2)27-11-7-25(8-12-27)17-23(5)19-31-33-29(35)15-16-30(36)34-32-20-24(6)18-26-9-13-28(14-10-26)22(3)4/h7-14,17-22H,15-16H2,1-6H3,(H,33,35)(H,34,36). The van der Waals surface area contributed by atoms with Gasteiger partial charge in [0.2, 0.25) is 11.8 Å². The second kappa shape index (κ2) is 14.6. The van der Waals surface area contributed by atoms with Crippen LogP contribution in [0.4, 0.5) is 0 Å². The molecule has 6 heteroatoms. The van der Waals surface area contributed by atoms with Crippen molar-refractivity contribution in [2.45, 2.75) is 66.2 Å². The molecule has 0 saturated carbocycles. The van der Waals surface area contributed by atoms with E-state index in [1.165, 1.54) is 11.1 Å². The summed E-state index contributed by atoms with van der Waals surface area (Å²) in [6.07, 6.45) is 7.20. The molecule has 0 heterocycles. The number of allylic oxidation sites excluding steroid dienone is 2. The van der Waals surface area contributed by atoms with E-state index in [0.29, 0.717) is 11.8 Å². The molecule has 6 nitrogen and oxygen atoms in total. The van der Waals surface area contributed by atoms with E-state index in [9.17, 15) is 9.59 Å². The summed E-state index contributed by atoms with van der Waals surface area (Å²) in [5.41, 5.74) is 11.4. The topological polar surface area (TPSA) is 82.9 Å². The highest BCUT2D eigenvalue weighted by Crippen LogP contribution is 2.17. The van der Waals surface area contributed by atoms with Gasteiger partial charge in [-0.05, 0) is 59.1 Å². The van der Waals surface area contributed by atoms with Gasteiger partial charge < -0.3 is 0 Å². The average Bonchev–Trinajstić information content (AvgIpc) is 2.83. The van der Waals surface area contributed by atoms with Gasteiger partial charge in [0.25, 0.3) is 0 Å². The van der Waals surface area contributed by atoms with Gasteiger partial charge in [0.05, 0.1) is 12.4 Å². The van der Waals surface area contributed by atoms with Gasteiger partial charge in [0.1, 0.15) is 0 Å². The molecule has 2 aromatic rings. The summed E-state index contributed by atoms with van der Waals surface area (Å²) in [7, 11) is 0. The monoisotopic (exact) mass is 486 g/mol. The Balaban J connectivity index is 1.72. The van der Waals surface area contributed by atoms with Crippen LogP contribution in [0.2, 0.25) is 0 Å². The van der Waals surface area contributed by atoms with Crippen molar-refractivity contribution < 1.29 is 9.59 Å². The molecule has 0 aliphatic rings.